The van der Waals surface area contributed by atoms with E-state index in [0.29, 0.717) is 13.2 Å². The van der Waals surface area contributed by atoms with E-state index in [-0.39, 0.29) is 0 Å². The molecule has 0 bridgehead atoms. The van der Waals surface area contributed by atoms with Crippen molar-refractivity contribution < 1.29 is 4.74 Å². The van der Waals surface area contributed by atoms with Crippen molar-refractivity contribution in [3.8, 4) is 5.75 Å². The van der Waals surface area contributed by atoms with Gasteiger partial charge in [-0.1, -0.05) is 23.7 Å². The lowest BCUT2D eigenvalue weighted by molar-refractivity contribution is 0.337. The Labute approximate surface area is 119 Å². The molecular formula is C16H18ClNO. The molecule has 0 aliphatic carbocycles. The smallest absolute Gasteiger partial charge is 0.124 e. The maximum absolute atomic E-state index is 6.04. The van der Waals surface area contributed by atoms with E-state index in [2.05, 4.69) is 30.4 Å². The summed E-state index contributed by atoms with van der Waals surface area (Å²) in [4.78, 5) is 0. The van der Waals surface area contributed by atoms with Crippen LogP contribution in [0.3, 0.4) is 0 Å². The summed E-state index contributed by atoms with van der Waals surface area (Å²) in [5.41, 5.74) is 3.40. The molecule has 0 radical (unpaired) electrons. The third-order valence-electron chi connectivity index (χ3n) is 2.82. The van der Waals surface area contributed by atoms with Crippen LogP contribution in [0.15, 0.2) is 42.5 Å². The first-order chi connectivity index (χ1) is 9.19. The molecule has 0 heterocycles. The highest BCUT2D eigenvalue weighted by Crippen LogP contribution is 2.24. The van der Waals surface area contributed by atoms with Crippen molar-refractivity contribution in [3.05, 3.63) is 58.6 Å². The van der Waals surface area contributed by atoms with E-state index in [9.17, 15) is 0 Å². The summed E-state index contributed by atoms with van der Waals surface area (Å²) in [7, 11) is 0. The summed E-state index contributed by atoms with van der Waals surface area (Å²) in [6.45, 7) is 5.40. The number of rotatable bonds is 5. The van der Waals surface area contributed by atoms with Gasteiger partial charge in [-0.2, -0.15) is 0 Å². The zero-order valence-electron chi connectivity index (χ0n) is 11.2. The van der Waals surface area contributed by atoms with E-state index < -0.39 is 0 Å². The Kier molecular flexibility index (Phi) is 4.69. The molecule has 2 aromatic carbocycles. The van der Waals surface area contributed by atoms with Crippen LogP contribution in [0.5, 0.6) is 5.75 Å². The minimum absolute atomic E-state index is 0.652. The summed E-state index contributed by atoms with van der Waals surface area (Å²) in [6, 6.07) is 14.0. The van der Waals surface area contributed by atoms with Gasteiger partial charge in [0.25, 0.3) is 0 Å². The Morgan fingerprint density at radius 1 is 1.16 bits per heavy atom. The lowest BCUT2D eigenvalue weighted by Crippen LogP contribution is -2.03. The van der Waals surface area contributed by atoms with Gasteiger partial charge in [0.05, 0.1) is 6.61 Å². The molecule has 2 rings (SSSR count). The molecule has 3 heteroatoms. The van der Waals surface area contributed by atoms with Crippen molar-refractivity contribution >= 4 is 17.3 Å². The van der Waals surface area contributed by atoms with Crippen molar-refractivity contribution in [1.82, 2.24) is 0 Å². The van der Waals surface area contributed by atoms with Crippen LogP contribution in [0.25, 0.3) is 0 Å². The molecule has 0 amide bonds. The summed E-state index contributed by atoms with van der Waals surface area (Å²) in [5, 5.41) is 4.12. The molecule has 0 atom stereocenters. The van der Waals surface area contributed by atoms with Gasteiger partial charge in [-0.15, -0.1) is 0 Å². The predicted octanol–water partition coefficient (Wildman–Crippen LogP) is 4.66. The molecule has 0 aliphatic heterocycles. The Hall–Kier alpha value is -1.67. The molecule has 0 saturated heterocycles. The number of halogens is 1. The standard InChI is InChI=1S/C16H18ClNO/c1-3-19-16-8-7-14(17)10-13(16)11-18-15-6-4-5-12(2)9-15/h4-10,18H,3,11H2,1-2H3. The number of hydrogen-bond acceptors (Lipinski definition) is 2. The zero-order chi connectivity index (χ0) is 13.7. The van der Waals surface area contributed by atoms with Gasteiger partial charge in [-0.05, 0) is 49.7 Å². The fourth-order valence-electron chi connectivity index (χ4n) is 1.93. The van der Waals surface area contributed by atoms with Crippen molar-refractivity contribution in [2.75, 3.05) is 11.9 Å². The van der Waals surface area contributed by atoms with Crippen molar-refractivity contribution in [2.24, 2.45) is 0 Å². The number of benzene rings is 2. The Morgan fingerprint density at radius 3 is 2.74 bits per heavy atom. The number of anilines is 1. The van der Waals surface area contributed by atoms with Gasteiger partial charge in [0.1, 0.15) is 5.75 Å². The minimum atomic E-state index is 0.652. The fraction of sp³-hybridized carbons (Fsp3) is 0.250. The van der Waals surface area contributed by atoms with Gasteiger partial charge in [-0.3, -0.25) is 0 Å². The molecule has 0 unspecified atom stereocenters. The maximum atomic E-state index is 6.04. The van der Waals surface area contributed by atoms with E-state index in [4.69, 9.17) is 16.3 Å². The number of hydrogen-bond donors (Lipinski definition) is 1. The van der Waals surface area contributed by atoms with Crippen LogP contribution in [0.1, 0.15) is 18.1 Å². The minimum Gasteiger partial charge on any atom is -0.494 e. The van der Waals surface area contributed by atoms with Gasteiger partial charge >= 0.3 is 0 Å². The number of aryl methyl sites for hydroxylation is 1. The normalized spacial score (nSPS) is 10.3. The highest BCUT2D eigenvalue weighted by Gasteiger charge is 2.04. The zero-order valence-corrected chi connectivity index (χ0v) is 12.0. The van der Waals surface area contributed by atoms with E-state index in [1.165, 1.54) is 5.56 Å². The molecule has 1 N–H and O–H groups in total. The molecule has 0 saturated carbocycles. The maximum Gasteiger partial charge on any atom is 0.124 e. The molecule has 0 spiro atoms. The highest BCUT2D eigenvalue weighted by molar-refractivity contribution is 6.30. The lowest BCUT2D eigenvalue weighted by Gasteiger charge is -2.12. The van der Waals surface area contributed by atoms with E-state index >= 15 is 0 Å². The van der Waals surface area contributed by atoms with Crippen molar-refractivity contribution in [3.63, 3.8) is 0 Å². The topological polar surface area (TPSA) is 21.3 Å². The number of nitrogens with one attached hydrogen (secondary N) is 1. The molecule has 2 nitrogen and oxygen atoms in total. The largest absolute Gasteiger partial charge is 0.494 e. The first kappa shape index (κ1) is 13.8. The average molecular weight is 276 g/mol. The molecular weight excluding hydrogens is 258 g/mol. The quantitative estimate of drug-likeness (QED) is 0.857. The molecule has 0 aliphatic rings. The van der Waals surface area contributed by atoms with Gasteiger partial charge in [0.15, 0.2) is 0 Å². The first-order valence-corrected chi connectivity index (χ1v) is 6.78. The van der Waals surface area contributed by atoms with Gasteiger partial charge in [-0.25, -0.2) is 0 Å². The average Bonchev–Trinajstić information content (AvgIpc) is 2.39. The SMILES string of the molecule is CCOc1ccc(Cl)cc1CNc1cccc(C)c1. The van der Waals surface area contributed by atoms with E-state index in [0.717, 1.165) is 22.0 Å². The summed E-state index contributed by atoms with van der Waals surface area (Å²) in [6.07, 6.45) is 0. The van der Waals surface area contributed by atoms with Crippen molar-refractivity contribution in [2.45, 2.75) is 20.4 Å². The van der Waals surface area contributed by atoms with Crippen LogP contribution in [0.2, 0.25) is 5.02 Å². The third kappa shape index (κ3) is 3.90. The number of ether oxygens (including phenoxy) is 1. The summed E-state index contributed by atoms with van der Waals surface area (Å²) in [5.74, 6) is 0.882. The van der Waals surface area contributed by atoms with Crippen LogP contribution >= 0.6 is 11.6 Å². The molecule has 19 heavy (non-hydrogen) atoms. The second-order valence-corrected chi connectivity index (χ2v) is 4.84. The monoisotopic (exact) mass is 275 g/mol. The van der Waals surface area contributed by atoms with Crippen LogP contribution in [0, 0.1) is 6.92 Å². The second kappa shape index (κ2) is 6.48. The molecule has 100 valence electrons. The van der Waals surface area contributed by atoms with E-state index in [1.807, 2.05) is 31.2 Å². The lowest BCUT2D eigenvalue weighted by atomic mass is 10.2. The van der Waals surface area contributed by atoms with Gasteiger partial charge in [0.2, 0.25) is 0 Å². The summed E-state index contributed by atoms with van der Waals surface area (Å²) < 4.78 is 5.61. The fourth-order valence-corrected chi connectivity index (χ4v) is 2.13. The molecule has 0 fully saturated rings. The van der Waals surface area contributed by atoms with Crippen LogP contribution < -0.4 is 10.1 Å². The second-order valence-electron chi connectivity index (χ2n) is 4.41. The van der Waals surface area contributed by atoms with Gasteiger partial charge in [0, 0.05) is 22.8 Å². The predicted molar refractivity (Wildman–Crippen MR) is 81.1 cm³/mol. The van der Waals surface area contributed by atoms with Crippen LogP contribution in [-0.4, -0.2) is 6.61 Å². The molecule has 0 aromatic heterocycles. The Bertz CT molecular complexity index is 554. The highest BCUT2D eigenvalue weighted by atomic mass is 35.5. The van der Waals surface area contributed by atoms with Crippen LogP contribution in [0.4, 0.5) is 5.69 Å². The van der Waals surface area contributed by atoms with Crippen molar-refractivity contribution in [1.29, 1.82) is 0 Å². The van der Waals surface area contributed by atoms with E-state index in [1.54, 1.807) is 0 Å². The Morgan fingerprint density at radius 2 is 2.00 bits per heavy atom. The first-order valence-electron chi connectivity index (χ1n) is 6.41. The third-order valence-corrected chi connectivity index (χ3v) is 3.06. The Balaban J connectivity index is 2.12. The van der Waals surface area contributed by atoms with Gasteiger partial charge < -0.3 is 10.1 Å². The summed E-state index contributed by atoms with van der Waals surface area (Å²) >= 11 is 6.04. The molecule has 2 aromatic rings. The van der Waals surface area contributed by atoms with Crippen LogP contribution in [-0.2, 0) is 6.54 Å².